The standard InChI is InChI=1S/C25H29N5O/c1-6-11-22(19-12-8-7-9-13-19)31-21-15-10-14-20(16-21)30-18(3)23-17(2)26-27-25(29(4)5)24(23)28-30/h7-10,12-16,22H,6,11H2,1-5H3/t22-/m0/s1. The number of rotatable bonds is 7. The van der Waals surface area contributed by atoms with E-state index < -0.39 is 0 Å². The van der Waals surface area contributed by atoms with E-state index in [1.807, 2.05) is 48.8 Å². The number of aryl methyl sites for hydroxylation is 2. The van der Waals surface area contributed by atoms with Crippen molar-refractivity contribution in [1.29, 1.82) is 0 Å². The summed E-state index contributed by atoms with van der Waals surface area (Å²) in [5.74, 6) is 1.60. The summed E-state index contributed by atoms with van der Waals surface area (Å²) < 4.78 is 8.39. The predicted octanol–water partition coefficient (Wildman–Crippen LogP) is 5.42. The molecule has 4 aromatic rings. The Labute approximate surface area is 183 Å². The van der Waals surface area contributed by atoms with Crippen LogP contribution in [0.25, 0.3) is 16.6 Å². The Morgan fingerprint density at radius 2 is 1.77 bits per heavy atom. The maximum atomic E-state index is 6.43. The maximum absolute atomic E-state index is 6.43. The Morgan fingerprint density at radius 3 is 2.48 bits per heavy atom. The molecule has 0 unspecified atom stereocenters. The van der Waals surface area contributed by atoms with Crippen LogP contribution >= 0.6 is 0 Å². The number of nitrogens with zero attached hydrogens (tertiary/aromatic N) is 5. The summed E-state index contributed by atoms with van der Waals surface area (Å²) in [7, 11) is 3.91. The predicted molar refractivity (Wildman–Crippen MR) is 125 cm³/mol. The van der Waals surface area contributed by atoms with Crippen molar-refractivity contribution in [2.24, 2.45) is 0 Å². The first-order valence-corrected chi connectivity index (χ1v) is 10.7. The van der Waals surface area contributed by atoms with Gasteiger partial charge >= 0.3 is 0 Å². The minimum atomic E-state index is 0.0234. The molecule has 0 bridgehead atoms. The summed E-state index contributed by atoms with van der Waals surface area (Å²) in [6, 6.07) is 18.5. The number of anilines is 1. The molecule has 0 spiro atoms. The van der Waals surface area contributed by atoms with E-state index >= 15 is 0 Å². The van der Waals surface area contributed by atoms with Crippen molar-refractivity contribution in [2.75, 3.05) is 19.0 Å². The zero-order valence-electron chi connectivity index (χ0n) is 18.8. The van der Waals surface area contributed by atoms with E-state index in [9.17, 15) is 0 Å². The third-order valence-corrected chi connectivity index (χ3v) is 5.47. The van der Waals surface area contributed by atoms with Crippen LogP contribution in [0.4, 0.5) is 5.82 Å². The Morgan fingerprint density at radius 1 is 1.00 bits per heavy atom. The topological polar surface area (TPSA) is 56.1 Å². The molecule has 0 aliphatic carbocycles. The molecule has 0 fully saturated rings. The summed E-state index contributed by atoms with van der Waals surface area (Å²) in [5, 5.41) is 14.6. The number of benzene rings is 2. The fraction of sp³-hybridized carbons (Fsp3) is 0.320. The minimum Gasteiger partial charge on any atom is -0.486 e. The summed E-state index contributed by atoms with van der Waals surface area (Å²) in [6.07, 6.45) is 2.03. The van der Waals surface area contributed by atoms with Crippen molar-refractivity contribution in [1.82, 2.24) is 20.0 Å². The van der Waals surface area contributed by atoms with Gasteiger partial charge in [-0.25, -0.2) is 4.68 Å². The summed E-state index contributed by atoms with van der Waals surface area (Å²) in [6.45, 7) is 6.23. The van der Waals surface area contributed by atoms with Crippen molar-refractivity contribution in [3.63, 3.8) is 0 Å². The molecule has 31 heavy (non-hydrogen) atoms. The Balaban J connectivity index is 1.73. The Kier molecular flexibility index (Phi) is 5.89. The van der Waals surface area contributed by atoms with Crippen molar-refractivity contribution in [3.05, 3.63) is 71.5 Å². The average Bonchev–Trinajstić information content (AvgIpc) is 3.12. The molecule has 2 aromatic heterocycles. The Hall–Kier alpha value is -3.41. The van der Waals surface area contributed by atoms with E-state index in [-0.39, 0.29) is 6.10 Å². The Bertz CT molecular complexity index is 1180. The molecule has 4 rings (SSSR count). The molecule has 0 saturated carbocycles. The lowest BCUT2D eigenvalue weighted by molar-refractivity contribution is 0.194. The van der Waals surface area contributed by atoms with Crippen molar-refractivity contribution >= 4 is 16.7 Å². The van der Waals surface area contributed by atoms with Crippen LogP contribution in [0.5, 0.6) is 5.75 Å². The van der Waals surface area contributed by atoms with Gasteiger partial charge in [0, 0.05) is 20.2 Å². The highest BCUT2D eigenvalue weighted by molar-refractivity contribution is 5.92. The van der Waals surface area contributed by atoms with Gasteiger partial charge in [0.25, 0.3) is 0 Å². The molecular formula is C25H29N5O. The SMILES string of the molecule is CCC[C@H](Oc1cccc(-n2nc3c(N(C)C)nnc(C)c3c2C)c1)c1ccccc1. The van der Waals surface area contributed by atoms with Gasteiger partial charge in [0.15, 0.2) is 5.82 Å². The van der Waals surface area contributed by atoms with Gasteiger partial charge in [0.05, 0.1) is 22.5 Å². The lowest BCUT2D eigenvalue weighted by Crippen LogP contribution is -2.12. The molecule has 2 heterocycles. The highest BCUT2D eigenvalue weighted by atomic mass is 16.5. The fourth-order valence-electron chi connectivity index (χ4n) is 3.94. The molecule has 6 nitrogen and oxygen atoms in total. The van der Waals surface area contributed by atoms with Gasteiger partial charge in [-0.05, 0) is 38.0 Å². The summed E-state index contributed by atoms with van der Waals surface area (Å²) in [5.41, 5.74) is 4.92. The largest absolute Gasteiger partial charge is 0.486 e. The molecule has 0 aliphatic rings. The second kappa shape index (κ2) is 8.76. The van der Waals surface area contributed by atoms with Crippen LogP contribution in [-0.2, 0) is 0 Å². The van der Waals surface area contributed by atoms with Crippen LogP contribution in [0.3, 0.4) is 0 Å². The smallest absolute Gasteiger partial charge is 0.179 e. The highest BCUT2D eigenvalue weighted by Crippen LogP contribution is 2.31. The zero-order valence-corrected chi connectivity index (χ0v) is 18.8. The second-order valence-corrected chi connectivity index (χ2v) is 8.03. The van der Waals surface area contributed by atoms with E-state index in [1.165, 1.54) is 5.56 Å². The van der Waals surface area contributed by atoms with Gasteiger partial charge in [-0.2, -0.15) is 10.2 Å². The van der Waals surface area contributed by atoms with Crippen LogP contribution in [0.2, 0.25) is 0 Å². The first-order valence-electron chi connectivity index (χ1n) is 10.7. The van der Waals surface area contributed by atoms with Crippen molar-refractivity contribution < 1.29 is 4.74 Å². The van der Waals surface area contributed by atoms with Crippen LogP contribution in [0, 0.1) is 13.8 Å². The molecular weight excluding hydrogens is 386 g/mol. The molecule has 6 heteroatoms. The van der Waals surface area contributed by atoms with Crippen molar-refractivity contribution in [3.8, 4) is 11.4 Å². The van der Waals surface area contributed by atoms with Crippen LogP contribution in [0.1, 0.15) is 42.8 Å². The number of ether oxygens (including phenoxy) is 1. The van der Waals surface area contributed by atoms with Crippen LogP contribution in [0.15, 0.2) is 54.6 Å². The summed E-state index contributed by atoms with van der Waals surface area (Å²) in [4.78, 5) is 1.94. The highest BCUT2D eigenvalue weighted by Gasteiger charge is 2.19. The second-order valence-electron chi connectivity index (χ2n) is 8.03. The normalized spacial score (nSPS) is 12.2. The molecule has 0 radical (unpaired) electrons. The minimum absolute atomic E-state index is 0.0234. The number of aromatic nitrogens is 4. The van der Waals surface area contributed by atoms with Gasteiger partial charge in [0.2, 0.25) is 0 Å². The first kappa shape index (κ1) is 20.8. The fourth-order valence-corrected chi connectivity index (χ4v) is 3.94. The first-order chi connectivity index (χ1) is 15.0. The molecule has 0 amide bonds. The lowest BCUT2D eigenvalue weighted by Gasteiger charge is -2.19. The maximum Gasteiger partial charge on any atom is 0.179 e. The van der Waals surface area contributed by atoms with E-state index in [0.717, 1.165) is 52.4 Å². The molecule has 1 atom stereocenters. The van der Waals surface area contributed by atoms with E-state index in [2.05, 4.69) is 60.4 Å². The number of hydrogen-bond donors (Lipinski definition) is 0. The van der Waals surface area contributed by atoms with Crippen LogP contribution in [-0.4, -0.2) is 34.1 Å². The molecule has 160 valence electrons. The van der Waals surface area contributed by atoms with Gasteiger partial charge in [-0.1, -0.05) is 49.7 Å². The van der Waals surface area contributed by atoms with E-state index in [0.29, 0.717) is 0 Å². The van der Waals surface area contributed by atoms with E-state index in [4.69, 9.17) is 9.84 Å². The lowest BCUT2D eigenvalue weighted by atomic mass is 10.1. The zero-order chi connectivity index (χ0) is 22.0. The third kappa shape index (κ3) is 4.10. The molecule has 0 aliphatic heterocycles. The third-order valence-electron chi connectivity index (χ3n) is 5.47. The van der Waals surface area contributed by atoms with Crippen molar-refractivity contribution in [2.45, 2.75) is 39.7 Å². The van der Waals surface area contributed by atoms with E-state index in [1.54, 1.807) is 0 Å². The number of fused-ring (bicyclic) bond motifs is 1. The molecule has 0 N–H and O–H groups in total. The monoisotopic (exact) mass is 415 g/mol. The summed E-state index contributed by atoms with van der Waals surface area (Å²) >= 11 is 0. The van der Waals surface area contributed by atoms with Gasteiger partial charge in [-0.15, -0.1) is 5.10 Å². The quantitative estimate of drug-likeness (QED) is 0.403. The number of hydrogen-bond acceptors (Lipinski definition) is 5. The van der Waals surface area contributed by atoms with Gasteiger partial charge in [0.1, 0.15) is 17.4 Å². The van der Waals surface area contributed by atoms with Crippen LogP contribution < -0.4 is 9.64 Å². The van der Waals surface area contributed by atoms with Gasteiger partial charge in [-0.3, -0.25) is 0 Å². The van der Waals surface area contributed by atoms with Gasteiger partial charge < -0.3 is 9.64 Å². The molecule has 0 saturated heterocycles. The molecule has 2 aromatic carbocycles. The average molecular weight is 416 g/mol.